The van der Waals surface area contributed by atoms with Crippen LogP contribution in [0.3, 0.4) is 0 Å². The van der Waals surface area contributed by atoms with E-state index in [9.17, 15) is 9.59 Å². The van der Waals surface area contributed by atoms with Gasteiger partial charge in [0.1, 0.15) is 17.6 Å². The minimum Gasteiger partial charge on any atom is -0.493 e. The van der Waals surface area contributed by atoms with Crippen LogP contribution in [-0.4, -0.2) is 47.6 Å². The molecule has 0 saturated heterocycles. The third-order valence-corrected chi connectivity index (χ3v) is 4.40. The molecule has 3 rings (SSSR count). The van der Waals surface area contributed by atoms with Crippen molar-refractivity contribution < 1.29 is 19.1 Å². The first-order chi connectivity index (χ1) is 13.5. The third kappa shape index (κ3) is 4.21. The average Bonchev–Trinajstić information content (AvgIpc) is 3.16. The van der Waals surface area contributed by atoms with E-state index in [2.05, 4.69) is 15.3 Å². The summed E-state index contributed by atoms with van der Waals surface area (Å²) in [5, 5.41) is 2.91. The van der Waals surface area contributed by atoms with Gasteiger partial charge in [-0.05, 0) is 50.6 Å². The summed E-state index contributed by atoms with van der Waals surface area (Å²) in [6.45, 7) is 6.68. The van der Waals surface area contributed by atoms with E-state index >= 15 is 0 Å². The van der Waals surface area contributed by atoms with Gasteiger partial charge in [0.25, 0.3) is 5.91 Å². The van der Waals surface area contributed by atoms with E-state index in [1.165, 1.54) is 0 Å². The molecular weight excluding hydrogens is 360 g/mol. The van der Waals surface area contributed by atoms with Crippen LogP contribution in [-0.2, 0) is 16.0 Å². The zero-order chi connectivity index (χ0) is 20.1. The maximum atomic E-state index is 13.0. The van der Waals surface area contributed by atoms with Crippen LogP contribution in [0.1, 0.15) is 36.7 Å². The van der Waals surface area contributed by atoms with Gasteiger partial charge in [0.15, 0.2) is 0 Å². The highest BCUT2D eigenvalue weighted by molar-refractivity contribution is 6.05. The van der Waals surface area contributed by atoms with E-state index in [1.54, 1.807) is 37.1 Å². The lowest BCUT2D eigenvalue weighted by atomic mass is 10.1. The quantitative estimate of drug-likeness (QED) is 0.733. The normalized spacial score (nSPS) is 13.2. The molecule has 1 aromatic carbocycles. The molecule has 148 valence electrons. The third-order valence-electron chi connectivity index (χ3n) is 4.40. The van der Waals surface area contributed by atoms with Crippen LogP contribution in [0.4, 0.5) is 11.8 Å². The zero-order valence-corrected chi connectivity index (χ0v) is 16.3. The van der Waals surface area contributed by atoms with Crippen LogP contribution in [0, 0.1) is 0 Å². The monoisotopic (exact) mass is 384 g/mol. The Morgan fingerprint density at radius 2 is 2.14 bits per heavy atom. The topological polar surface area (TPSA) is 93.7 Å². The average molecular weight is 384 g/mol. The van der Waals surface area contributed by atoms with Crippen LogP contribution >= 0.6 is 0 Å². The number of rotatable bonds is 7. The van der Waals surface area contributed by atoms with Gasteiger partial charge in [-0.25, -0.2) is 9.78 Å². The molecular formula is C20H24N4O4. The second-order valence-corrected chi connectivity index (χ2v) is 6.33. The molecule has 2 heterocycles. The fourth-order valence-corrected chi connectivity index (χ4v) is 2.97. The van der Waals surface area contributed by atoms with E-state index in [-0.39, 0.29) is 17.8 Å². The first kappa shape index (κ1) is 19.6. The predicted molar refractivity (Wildman–Crippen MR) is 105 cm³/mol. The molecule has 0 bridgehead atoms. The number of carbonyl (C=O) groups is 2. The van der Waals surface area contributed by atoms with Crippen molar-refractivity contribution in [2.24, 2.45) is 0 Å². The lowest BCUT2D eigenvalue weighted by Crippen LogP contribution is -2.32. The van der Waals surface area contributed by atoms with Crippen molar-refractivity contribution in [3.05, 3.63) is 41.6 Å². The maximum absolute atomic E-state index is 13.0. The molecule has 0 aliphatic carbocycles. The van der Waals surface area contributed by atoms with Gasteiger partial charge in [0.2, 0.25) is 5.95 Å². The lowest BCUT2D eigenvalue weighted by Gasteiger charge is -2.21. The molecule has 2 aromatic rings. The van der Waals surface area contributed by atoms with Gasteiger partial charge in [-0.15, -0.1) is 0 Å². The molecule has 1 aliphatic heterocycles. The van der Waals surface area contributed by atoms with Crippen LogP contribution in [0.25, 0.3) is 0 Å². The molecule has 0 spiro atoms. The standard InChI is InChI=1S/C20H24N4O4/c1-4-24(18(25)15-6-7-16-14(12-15)9-11-28-16)17-8-10-21-20(23-17)22-13(3)19(26)27-5-2/h6-8,10,12-13H,4-5,9,11H2,1-3H3,(H,21,22,23). The molecule has 1 N–H and O–H groups in total. The fraction of sp³-hybridized carbons (Fsp3) is 0.400. The van der Waals surface area contributed by atoms with Gasteiger partial charge >= 0.3 is 5.97 Å². The van der Waals surface area contributed by atoms with Gasteiger partial charge in [-0.2, -0.15) is 4.98 Å². The summed E-state index contributed by atoms with van der Waals surface area (Å²) in [4.78, 5) is 34.9. The van der Waals surface area contributed by atoms with E-state index < -0.39 is 6.04 Å². The molecule has 28 heavy (non-hydrogen) atoms. The number of benzene rings is 1. The van der Waals surface area contributed by atoms with Crippen molar-refractivity contribution >= 4 is 23.6 Å². The largest absolute Gasteiger partial charge is 0.493 e. The number of fused-ring (bicyclic) bond motifs is 1. The van der Waals surface area contributed by atoms with E-state index in [0.717, 1.165) is 17.7 Å². The second-order valence-electron chi connectivity index (χ2n) is 6.33. The predicted octanol–water partition coefficient (Wildman–Crippen LogP) is 2.44. The molecule has 0 radical (unpaired) electrons. The second kappa shape index (κ2) is 8.69. The van der Waals surface area contributed by atoms with Crippen molar-refractivity contribution in [2.75, 3.05) is 30.0 Å². The summed E-state index contributed by atoms with van der Waals surface area (Å²) in [7, 11) is 0. The van der Waals surface area contributed by atoms with Gasteiger partial charge < -0.3 is 14.8 Å². The highest BCUT2D eigenvalue weighted by Gasteiger charge is 2.21. The Morgan fingerprint density at radius 1 is 1.32 bits per heavy atom. The Balaban J connectivity index is 1.78. The fourth-order valence-electron chi connectivity index (χ4n) is 2.97. The Hall–Kier alpha value is -3.16. The summed E-state index contributed by atoms with van der Waals surface area (Å²) < 4.78 is 10.5. The van der Waals surface area contributed by atoms with Crippen LogP contribution in [0.2, 0.25) is 0 Å². The molecule has 1 atom stereocenters. The van der Waals surface area contributed by atoms with E-state index in [4.69, 9.17) is 9.47 Å². The van der Waals surface area contributed by atoms with Crippen LogP contribution in [0.15, 0.2) is 30.5 Å². The van der Waals surface area contributed by atoms with Gasteiger partial charge in [-0.1, -0.05) is 0 Å². The molecule has 1 aliphatic rings. The number of amides is 1. The Kier molecular flexibility index (Phi) is 6.08. The Labute approximate surface area is 163 Å². The van der Waals surface area contributed by atoms with Crippen LogP contribution in [0.5, 0.6) is 5.75 Å². The number of aromatic nitrogens is 2. The minimum absolute atomic E-state index is 0.153. The smallest absolute Gasteiger partial charge is 0.328 e. The molecule has 1 aromatic heterocycles. The molecule has 0 fully saturated rings. The summed E-state index contributed by atoms with van der Waals surface area (Å²) >= 11 is 0. The number of esters is 1. The van der Waals surface area contributed by atoms with Crippen molar-refractivity contribution in [3.63, 3.8) is 0 Å². The van der Waals surface area contributed by atoms with Crippen molar-refractivity contribution in [3.8, 4) is 5.75 Å². The van der Waals surface area contributed by atoms with E-state index in [0.29, 0.717) is 31.1 Å². The number of nitrogens with one attached hydrogen (secondary N) is 1. The highest BCUT2D eigenvalue weighted by Crippen LogP contribution is 2.27. The maximum Gasteiger partial charge on any atom is 0.328 e. The number of ether oxygens (including phenoxy) is 2. The summed E-state index contributed by atoms with van der Waals surface area (Å²) in [6.07, 6.45) is 2.35. The molecule has 8 heteroatoms. The minimum atomic E-state index is -0.599. The van der Waals surface area contributed by atoms with Gasteiger partial charge in [0.05, 0.1) is 13.2 Å². The zero-order valence-electron chi connectivity index (χ0n) is 16.3. The first-order valence-corrected chi connectivity index (χ1v) is 9.37. The summed E-state index contributed by atoms with van der Waals surface area (Å²) in [5.41, 5.74) is 1.62. The molecule has 8 nitrogen and oxygen atoms in total. The van der Waals surface area contributed by atoms with Crippen molar-refractivity contribution in [2.45, 2.75) is 33.2 Å². The Bertz CT molecular complexity index is 871. The van der Waals surface area contributed by atoms with Crippen molar-refractivity contribution in [1.29, 1.82) is 0 Å². The molecule has 0 saturated carbocycles. The summed E-state index contributed by atoms with van der Waals surface area (Å²) in [6, 6.07) is 6.53. The van der Waals surface area contributed by atoms with E-state index in [1.807, 2.05) is 19.1 Å². The highest BCUT2D eigenvalue weighted by atomic mass is 16.5. The summed E-state index contributed by atoms with van der Waals surface area (Å²) in [5.74, 6) is 1.01. The van der Waals surface area contributed by atoms with Crippen LogP contribution < -0.4 is 15.0 Å². The molecule has 1 unspecified atom stereocenters. The SMILES string of the molecule is CCOC(=O)C(C)Nc1nccc(N(CC)C(=O)c2ccc3c(c2)CCO3)n1. The first-order valence-electron chi connectivity index (χ1n) is 9.37. The molecule has 1 amide bonds. The lowest BCUT2D eigenvalue weighted by molar-refractivity contribution is -0.143. The Morgan fingerprint density at radius 3 is 2.89 bits per heavy atom. The van der Waals surface area contributed by atoms with Crippen molar-refractivity contribution in [1.82, 2.24) is 9.97 Å². The number of anilines is 2. The number of carbonyl (C=O) groups excluding carboxylic acids is 2. The number of hydrogen-bond donors (Lipinski definition) is 1. The number of nitrogens with zero attached hydrogens (tertiary/aromatic N) is 3. The number of hydrogen-bond acceptors (Lipinski definition) is 7. The van der Waals surface area contributed by atoms with Gasteiger partial charge in [-0.3, -0.25) is 9.69 Å². The van der Waals surface area contributed by atoms with Gasteiger partial charge in [0, 0.05) is 24.7 Å².